The topological polar surface area (TPSA) is 50.5 Å². The summed E-state index contributed by atoms with van der Waals surface area (Å²) in [5.74, 6) is 0.145. The summed E-state index contributed by atoms with van der Waals surface area (Å²) < 4.78 is 2.04. The van der Waals surface area contributed by atoms with Gasteiger partial charge in [0.1, 0.15) is 0 Å². The van der Waals surface area contributed by atoms with Gasteiger partial charge in [-0.05, 0) is 31.0 Å². The van der Waals surface area contributed by atoms with Crippen LogP contribution in [-0.2, 0) is 17.6 Å². The van der Waals surface area contributed by atoms with Crippen LogP contribution in [0.2, 0.25) is 0 Å². The molecule has 0 N–H and O–H groups in total. The number of nitrogens with zero attached hydrogens (tertiary/aromatic N) is 4. The van der Waals surface area contributed by atoms with E-state index in [-0.39, 0.29) is 5.91 Å². The molecular formula is C22H22N4OS. The fraction of sp³-hybridized carbons (Fsp3) is 0.227. The molecule has 0 aliphatic heterocycles. The lowest BCUT2D eigenvalue weighted by molar-refractivity contribution is -0.130. The number of fused-ring (bicyclic) bond motifs is 1. The molecule has 0 fully saturated rings. The van der Waals surface area contributed by atoms with Crippen molar-refractivity contribution in [1.29, 1.82) is 0 Å². The van der Waals surface area contributed by atoms with Crippen LogP contribution in [0.3, 0.4) is 0 Å². The third kappa shape index (κ3) is 3.97. The van der Waals surface area contributed by atoms with Crippen molar-refractivity contribution in [2.75, 3.05) is 13.1 Å². The normalized spacial score (nSPS) is 11.0. The number of benzene rings is 1. The summed E-state index contributed by atoms with van der Waals surface area (Å²) in [5.41, 5.74) is 4.21. The predicted molar refractivity (Wildman–Crippen MR) is 112 cm³/mol. The summed E-state index contributed by atoms with van der Waals surface area (Å²) in [6, 6.07) is 14.1. The van der Waals surface area contributed by atoms with Crippen molar-refractivity contribution in [3.63, 3.8) is 0 Å². The zero-order valence-electron chi connectivity index (χ0n) is 15.8. The highest BCUT2D eigenvalue weighted by Gasteiger charge is 2.16. The largest absolute Gasteiger partial charge is 0.342 e. The minimum atomic E-state index is 0.145. The number of aromatic nitrogens is 3. The van der Waals surface area contributed by atoms with E-state index < -0.39 is 0 Å². The lowest BCUT2D eigenvalue weighted by atomic mass is 10.2. The maximum atomic E-state index is 12.9. The molecule has 0 unspecified atom stereocenters. The molecule has 3 heterocycles. The molecule has 28 heavy (non-hydrogen) atoms. The number of rotatable bonds is 7. The first-order chi connectivity index (χ1) is 13.7. The number of hydrogen-bond acceptors (Lipinski definition) is 4. The van der Waals surface area contributed by atoms with Crippen molar-refractivity contribution >= 4 is 22.2 Å². The zero-order chi connectivity index (χ0) is 19.3. The molecule has 0 aliphatic carbocycles. The van der Waals surface area contributed by atoms with E-state index in [2.05, 4.69) is 17.1 Å². The second kappa shape index (κ2) is 8.35. The average Bonchev–Trinajstić information content (AvgIpc) is 3.32. The number of likely N-dealkylation sites (N-methyl/N-ethyl adjacent to an activating group) is 1. The molecule has 5 nitrogen and oxygen atoms in total. The van der Waals surface area contributed by atoms with Crippen molar-refractivity contribution in [3.8, 4) is 11.3 Å². The molecule has 1 amide bonds. The minimum Gasteiger partial charge on any atom is -0.342 e. The number of hydrogen-bond donors (Lipinski definition) is 0. The molecule has 4 rings (SSSR count). The van der Waals surface area contributed by atoms with Crippen molar-refractivity contribution < 1.29 is 4.79 Å². The van der Waals surface area contributed by atoms with Gasteiger partial charge in [-0.15, -0.1) is 11.3 Å². The Morgan fingerprint density at radius 3 is 2.68 bits per heavy atom. The minimum absolute atomic E-state index is 0.145. The summed E-state index contributed by atoms with van der Waals surface area (Å²) in [6.45, 7) is 3.45. The van der Waals surface area contributed by atoms with E-state index in [0.29, 0.717) is 19.5 Å². The Balaban J connectivity index is 1.47. The first kappa shape index (κ1) is 18.4. The molecule has 4 aromatic rings. The number of amides is 1. The number of pyridine rings is 1. The van der Waals surface area contributed by atoms with Crippen LogP contribution in [0.15, 0.2) is 66.4 Å². The molecule has 0 saturated heterocycles. The summed E-state index contributed by atoms with van der Waals surface area (Å²) in [4.78, 5) is 24.4. The van der Waals surface area contributed by atoms with E-state index in [0.717, 1.165) is 28.3 Å². The monoisotopic (exact) mass is 390 g/mol. The Bertz CT molecular complexity index is 1060. The van der Waals surface area contributed by atoms with Crippen LogP contribution in [0.5, 0.6) is 0 Å². The standard InChI is InChI=1S/C22H22N4OS/c1-2-25(13-10-17-8-11-23-12-9-17)21(27)14-19-16-28-22-24-20(15-26(19)22)18-6-4-3-5-7-18/h3-9,11-12,15-16H,2,10,13-14H2,1H3. The third-order valence-electron chi connectivity index (χ3n) is 4.84. The molecular weight excluding hydrogens is 368 g/mol. The molecule has 1 aromatic carbocycles. The van der Waals surface area contributed by atoms with Crippen LogP contribution in [0.4, 0.5) is 0 Å². The van der Waals surface area contributed by atoms with Gasteiger partial charge >= 0.3 is 0 Å². The van der Waals surface area contributed by atoms with Gasteiger partial charge < -0.3 is 4.90 Å². The fourth-order valence-electron chi connectivity index (χ4n) is 3.24. The van der Waals surface area contributed by atoms with Gasteiger partial charge in [-0.1, -0.05) is 30.3 Å². The third-order valence-corrected chi connectivity index (χ3v) is 5.73. The molecule has 3 aromatic heterocycles. The first-order valence-electron chi connectivity index (χ1n) is 9.42. The van der Waals surface area contributed by atoms with Gasteiger partial charge in [0, 0.05) is 48.3 Å². The van der Waals surface area contributed by atoms with E-state index in [4.69, 9.17) is 4.98 Å². The van der Waals surface area contributed by atoms with Gasteiger partial charge in [0.2, 0.25) is 5.91 Å². The van der Waals surface area contributed by atoms with E-state index >= 15 is 0 Å². The summed E-state index contributed by atoms with van der Waals surface area (Å²) in [7, 11) is 0. The lowest BCUT2D eigenvalue weighted by Gasteiger charge is -2.20. The fourth-order valence-corrected chi connectivity index (χ4v) is 4.12. The van der Waals surface area contributed by atoms with Crippen LogP contribution in [0, 0.1) is 0 Å². The van der Waals surface area contributed by atoms with Gasteiger partial charge in [-0.2, -0.15) is 0 Å². The number of carbonyl (C=O) groups excluding carboxylic acids is 1. The van der Waals surface area contributed by atoms with Gasteiger partial charge in [0.15, 0.2) is 4.96 Å². The van der Waals surface area contributed by atoms with E-state index in [1.165, 1.54) is 5.56 Å². The lowest BCUT2D eigenvalue weighted by Crippen LogP contribution is -2.34. The van der Waals surface area contributed by atoms with Crippen LogP contribution in [0.25, 0.3) is 16.2 Å². The number of thiazole rings is 1. The highest BCUT2D eigenvalue weighted by Crippen LogP contribution is 2.24. The molecule has 0 radical (unpaired) electrons. The molecule has 0 bridgehead atoms. The van der Waals surface area contributed by atoms with Gasteiger partial charge in [0.05, 0.1) is 12.1 Å². The van der Waals surface area contributed by atoms with Crippen LogP contribution >= 0.6 is 11.3 Å². The Hall–Kier alpha value is -2.99. The highest BCUT2D eigenvalue weighted by molar-refractivity contribution is 7.15. The van der Waals surface area contributed by atoms with E-state index in [1.54, 1.807) is 23.7 Å². The smallest absolute Gasteiger partial charge is 0.228 e. The summed E-state index contributed by atoms with van der Waals surface area (Å²) >= 11 is 1.58. The average molecular weight is 391 g/mol. The predicted octanol–water partition coefficient (Wildman–Crippen LogP) is 4.09. The number of carbonyl (C=O) groups is 1. The SMILES string of the molecule is CCN(CCc1ccncc1)C(=O)Cc1csc2nc(-c3ccccc3)cn12. The molecule has 0 aliphatic rings. The Labute approximate surface area is 168 Å². The summed E-state index contributed by atoms with van der Waals surface area (Å²) in [5, 5.41) is 2.03. The van der Waals surface area contributed by atoms with Crippen LogP contribution in [0.1, 0.15) is 18.2 Å². The van der Waals surface area contributed by atoms with E-state index in [9.17, 15) is 4.79 Å². The maximum Gasteiger partial charge on any atom is 0.228 e. The molecule has 0 atom stereocenters. The maximum absolute atomic E-state index is 12.9. The zero-order valence-corrected chi connectivity index (χ0v) is 16.6. The van der Waals surface area contributed by atoms with Crippen molar-refractivity contribution in [3.05, 3.63) is 77.7 Å². The van der Waals surface area contributed by atoms with Crippen molar-refractivity contribution in [2.45, 2.75) is 19.8 Å². The molecule has 142 valence electrons. The Morgan fingerprint density at radius 2 is 1.93 bits per heavy atom. The highest BCUT2D eigenvalue weighted by atomic mass is 32.1. The Kier molecular flexibility index (Phi) is 5.48. The van der Waals surface area contributed by atoms with Gasteiger partial charge in [-0.25, -0.2) is 4.98 Å². The molecule has 6 heteroatoms. The van der Waals surface area contributed by atoms with Gasteiger partial charge in [0.25, 0.3) is 0 Å². The van der Waals surface area contributed by atoms with Crippen LogP contribution in [-0.4, -0.2) is 38.3 Å². The first-order valence-corrected chi connectivity index (χ1v) is 10.3. The Morgan fingerprint density at radius 1 is 1.14 bits per heavy atom. The summed E-state index contributed by atoms with van der Waals surface area (Å²) in [6.07, 6.45) is 6.83. The quantitative estimate of drug-likeness (QED) is 0.478. The van der Waals surface area contributed by atoms with Crippen LogP contribution < -0.4 is 0 Å². The molecule has 0 spiro atoms. The second-order valence-electron chi connectivity index (χ2n) is 6.63. The van der Waals surface area contributed by atoms with Crippen molar-refractivity contribution in [1.82, 2.24) is 19.3 Å². The second-order valence-corrected chi connectivity index (χ2v) is 7.46. The molecule has 0 saturated carbocycles. The van der Waals surface area contributed by atoms with Crippen molar-refractivity contribution in [2.24, 2.45) is 0 Å². The number of imidazole rings is 1. The van der Waals surface area contributed by atoms with E-state index in [1.807, 2.05) is 58.1 Å². The van der Waals surface area contributed by atoms with Gasteiger partial charge in [-0.3, -0.25) is 14.2 Å².